The molecular weight excluding hydrogens is 268 g/mol. The second-order valence-corrected chi connectivity index (χ2v) is 4.84. The first kappa shape index (κ1) is 14.8. The molecule has 0 aliphatic rings. The van der Waals surface area contributed by atoms with E-state index in [0.717, 1.165) is 11.4 Å². The third-order valence-corrected chi connectivity index (χ3v) is 3.53. The van der Waals surface area contributed by atoms with E-state index in [4.69, 9.17) is 4.74 Å². The van der Waals surface area contributed by atoms with Crippen molar-refractivity contribution in [2.24, 2.45) is 14.1 Å². The lowest BCUT2D eigenvalue weighted by molar-refractivity contribution is -0.692. The number of rotatable bonds is 3. The normalized spacial score (nSPS) is 11.0. The predicted molar refractivity (Wildman–Crippen MR) is 81.2 cm³/mol. The van der Waals surface area contributed by atoms with Crippen LogP contribution in [0.3, 0.4) is 0 Å². The summed E-state index contributed by atoms with van der Waals surface area (Å²) in [6.45, 7) is 1.87. The summed E-state index contributed by atoms with van der Waals surface area (Å²) in [5.41, 5.74) is 2.10. The Balaban J connectivity index is 2.51. The van der Waals surface area contributed by atoms with E-state index in [1.165, 1.54) is 0 Å². The number of methoxy groups -OCH3 is 1. The molecule has 0 saturated heterocycles. The highest BCUT2D eigenvalue weighted by Crippen LogP contribution is 2.28. The van der Waals surface area contributed by atoms with E-state index in [2.05, 4.69) is 0 Å². The van der Waals surface area contributed by atoms with Crippen LogP contribution < -0.4 is 15.0 Å². The molecule has 0 atom stereocenters. The van der Waals surface area contributed by atoms with E-state index in [1.807, 2.05) is 13.0 Å². The van der Waals surface area contributed by atoms with E-state index in [0.29, 0.717) is 11.3 Å². The Bertz CT molecular complexity index is 761. The summed E-state index contributed by atoms with van der Waals surface area (Å²) in [7, 11) is 5.00. The highest BCUT2D eigenvalue weighted by molar-refractivity contribution is 5.74. The van der Waals surface area contributed by atoms with Crippen molar-refractivity contribution in [2.45, 2.75) is 6.92 Å². The Labute approximate surface area is 123 Å². The fraction of sp³-hybridized carbons (Fsp3) is 0.250. The van der Waals surface area contributed by atoms with Crippen LogP contribution in [0, 0.1) is 6.92 Å². The Morgan fingerprint density at radius 3 is 2.71 bits per heavy atom. The van der Waals surface area contributed by atoms with Gasteiger partial charge in [-0.05, 0) is 31.2 Å². The van der Waals surface area contributed by atoms with E-state index < -0.39 is 0 Å². The summed E-state index contributed by atoms with van der Waals surface area (Å²) in [5.74, 6) is 0.711. The van der Waals surface area contributed by atoms with Gasteiger partial charge in [-0.2, -0.15) is 13.9 Å². The molecule has 0 amide bonds. The Kier molecular flexibility index (Phi) is 4.12. The molecule has 0 aliphatic carbocycles. The molecule has 1 aromatic carbocycles. The van der Waals surface area contributed by atoms with Crippen LogP contribution in [-0.2, 0) is 14.1 Å². The largest absolute Gasteiger partial charge is 0.507 e. The van der Waals surface area contributed by atoms with Crippen molar-refractivity contribution in [1.29, 1.82) is 0 Å². The maximum absolute atomic E-state index is 12.0. The van der Waals surface area contributed by atoms with Crippen molar-refractivity contribution in [3.8, 4) is 11.5 Å². The van der Waals surface area contributed by atoms with Gasteiger partial charge in [0.15, 0.2) is 0 Å². The minimum absolute atomic E-state index is 0.0982. The highest BCUT2D eigenvalue weighted by Gasteiger charge is 2.12. The standard InChI is InChI=1S/C16H18N2O3/c1-11-10-12(18(3)16(20)17(11)2)8-9-13-14(19)6-5-7-15(13)21-4/h5-10H,1-4H3/p+1. The zero-order chi connectivity index (χ0) is 15.6. The Morgan fingerprint density at radius 2 is 2.05 bits per heavy atom. The number of nitrogens with zero attached hydrogens (tertiary/aromatic N) is 2. The summed E-state index contributed by atoms with van der Waals surface area (Å²) < 4.78 is 8.36. The summed E-state index contributed by atoms with van der Waals surface area (Å²) in [6.07, 6.45) is 3.52. The zero-order valence-corrected chi connectivity index (χ0v) is 12.6. The fourth-order valence-electron chi connectivity index (χ4n) is 2.10. The monoisotopic (exact) mass is 287 g/mol. The number of phenols is 1. The zero-order valence-electron chi connectivity index (χ0n) is 12.6. The van der Waals surface area contributed by atoms with Gasteiger partial charge < -0.3 is 9.84 Å². The molecule has 2 rings (SSSR count). The lowest BCUT2D eigenvalue weighted by atomic mass is 10.1. The van der Waals surface area contributed by atoms with Crippen LogP contribution in [-0.4, -0.2) is 16.8 Å². The fourth-order valence-corrected chi connectivity index (χ4v) is 2.10. The summed E-state index contributed by atoms with van der Waals surface area (Å²) in [4.78, 5) is 12.0. The van der Waals surface area contributed by atoms with Gasteiger partial charge in [0.2, 0.25) is 0 Å². The van der Waals surface area contributed by atoms with Crippen LogP contribution in [0.1, 0.15) is 17.0 Å². The van der Waals surface area contributed by atoms with E-state index in [1.54, 1.807) is 60.7 Å². The van der Waals surface area contributed by atoms with Crippen LogP contribution in [0.4, 0.5) is 0 Å². The summed E-state index contributed by atoms with van der Waals surface area (Å²) in [6, 6.07) is 6.99. The second kappa shape index (κ2) is 5.83. The Hall–Kier alpha value is -2.56. The molecule has 0 saturated carbocycles. The van der Waals surface area contributed by atoms with Gasteiger partial charge in [0, 0.05) is 6.07 Å². The van der Waals surface area contributed by atoms with Gasteiger partial charge in [0.25, 0.3) is 0 Å². The van der Waals surface area contributed by atoms with Crippen LogP contribution in [0.15, 0.2) is 29.1 Å². The number of aryl methyl sites for hydroxylation is 1. The van der Waals surface area contributed by atoms with Crippen molar-refractivity contribution in [3.63, 3.8) is 0 Å². The first-order valence-corrected chi connectivity index (χ1v) is 6.56. The van der Waals surface area contributed by atoms with Gasteiger partial charge in [-0.1, -0.05) is 6.07 Å². The molecule has 110 valence electrons. The topological polar surface area (TPSA) is 55.3 Å². The molecule has 0 fully saturated rings. The lowest BCUT2D eigenvalue weighted by Crippen LogP contribution is -2.53. The molecule has 1 aromatic heterocycles. The summed E-state index contributed by atoms with van der Waals surface area (Å²) in [5, 5.41) is 9.92. The minimum atomic E-state index is -0.0982. The van der Waals surface area contributed by atoms with Crippen molar-refractivity contribution in [2.75, 3.05) is 7.11 Å². The summed E-state index contributed by atoms with van der Waals surface area (Å²) >= 11 is 0. The number of aromatic nitrogens is 2. The molecular formula is C16H19N2O3+. The van der Waals surface area contributed by atoms with Crippen molar-refractivity contribution in [1.82, 2.24) is 4.57 Å². The van der Waals surface area contributed by atoms with Gasteiger partial charge in [0.1, 0.15) is 22.9 Å². The number of aromatic hydroxyl groups is 1. The number of ether oxygens (including phenoxy) is 1. The van der Waals surface area contributed by atoms with Gasteiger partial charge in [0.05, 0.1) is 26.8 Å². The van der Waals surface area contributed by atoms with E-state index in [-0.39, 0.29) is 11.4 Å². The average Bonchev–Trinajstić information content (AvgIpc) is 2.48. The van der Waals surface area contributed by atoms with E-state index >= 15 is 0 Å². The highest BCUT2D eigenvalue weighted by atomic mass is 16.5. The van der Waals surface area contributed by atoms with Gasteiger partial charge in [-0.25, -0.2) is 0 Å². The molecule has 1 N–H and O–H groups in total. The minimum Gasteiger partial charge on any atom is -0.507 e. The molecule has 0 bridgehead atoms. The molecule has 5 heteroatoms. The molecule has 0 radical (unpaired) electrons. The molecule has 5 nitrogen and oxygen atoms in total. The number of hydrogen-bond donors (Lipinski definition) is 1. The van der Waals surface area contributed by atoms with Crippen LogP contribution >= 0.6 is 0 Å². The first-order chi connectivity index (χ1) is 9.95. The van der Waals surface area contributed by atoms with Crippen molar-refractivity contribution >= 4 is 12.2 Å². The van der Waals surface area contributed by atoms with Crippen LogP contribution in [0.5, 0.6) is 11.5 Å². The number of phenolic OH excluding ortho intramolecular Hbond substituents is 1. The third-order valence-electron chi connectivity index (χ3n) is 3.53. The lowest BCUT2D eigenvalue weighted by Gasteiger charge is -2.06. The van der Waals surface area contributed by atoms with E-state index in [9.17, 15) is 9.90 Å². The van der Waals surface area contributed by atoms with Crippen molar-refractivity contribution in [3.05, 3.63) is 51.7 Å². The smallest absolute Gasteiger partial charge is 0.498 e. The third kappa shape index (κ3) is 2.81. The average molecular weight is 287 g/mol. The quantitative estimate of drug-likeness (QED) is 0.868. The van der Waals surface area contributed by atoms with Gasteiger partial charge in [-0.3, -0.25) is 0 Å². The molecule has 0 spiro atoms. The molecule has 0 unspecified atom stereocenters. The maximum Gasteiger partial charge on any atom is 0.498 e. The maximum atomic E-state index is 12.0. The first-order valence-electron chi connectivity index (χ1n) is 6.56. The van der Waals surface area contributed by atoms with Gasteiger partial charge >= 0.3 is 5.69 Å². The number of hydrogen-bond acceptors (Lipinski definition) is 3. The predicted octanol–water partition coefficient (Wildman–Crippen LogP) is 1.40. The SMILES string of the molecule is COc1cccc(O)c1/C=C/c1cc(C)n(C)c(=O)[n+]1C. The van der Waals surface area contributed by atoms with Gasteiger partial charge in [-0.15, -0.1) is 0 Å². The Morgan fingerprint density at radius 1 is 1.33 bits per heavy atom. The van der Waals surface area contributed by atoms with Crippen molar-refractivity contribution < 1.29 is 14.4 Å². The molecule has 21 heavy (non-hydrogen) atoms. The van der Waals surface area contributed by atoms with Crippen LogP contribution in [0.25, 0.3) is 12.2 Å². The molecule has 0 aliphatic heterocycles. The molecule has 2 aromatic rings. The number of benzene rings is 1. The molecule has 1 heterocycles. The van der Waals surface area contributed by atoms with Crippen LogP contribution in [0.2, 0.25) is 0 Å². The second-order valence-electron chi connectivity index (χ2n) is 4.84.